The van der Waals surface area contributed by atoms with Crippen LogP contribution in [-0.4, -0.2) is 260 Å². The zero-order chi connectivity index (χ0) is 79.0. The summed E-state index contributed by atoms with van der Waals surface area (Å²) in [5.74, 6) is -11.3. The highest BCUT2D eigenvalue weighted by Crippen LogP contribution is 2.27. The van der Waals surface area contributed by atoms with Gasteiger partial charge in [-0.15, -0.1) is 0 Å². The number of hydrogen-bond donors (Lipinski definition) is 17. The molecule has 0 radical (unpaired) electrons. The minimum atomic E-state index is -1.76. The number of aliphatic carboxylic acids is 1. The van der Waals surface area contributed by atoms with E-state index in [0.29, 0.717) is 55.5 Å². The van der Waals surface area contributed by atoms with Gasteiger partial charge >= 0.3 is 5.97 Å². The Bertz CT molecular complexity index is 3470. The zero-order valence-electron chi connectivity index (χ0n) is 61.6. The van der Waals surface area contributed by atoms with Crippen LogP contribution < -0.4 is 76.5 Å². The fraction of sp³-hybridized carbons (Fsp3) is 0.643. The highest BCUT2D eigenvalue weighted by atomic mass is 32.2. The number of carbonyl (C=O) groups excluding carboxylic acids is 13. The Balaban J connectivity index is 1.10. The maximum atomic E-state index is 14.5. The van der Waals surface area contributed by atoms with Gasteiger partial charge in [-0.1, -0.05) is 44.2 Å². The number of aliphatic hydroxyl groups excluding tert-OH is 1. The number of thioether (sulfide) groups is 1. The van der Waals surface area contributed by atoms with Crippen molar-refractivity contribution in [2.75, 3.05) is 64.4 Å². The number of guanidine groups is 2. The summed E-state index contributed by atoms with van der Waals surface area (Å²) in [6.45, 7) is 2.69. The quantitative estimate of drug-likeness (QED) is 0.0169. The van der Waals surface area contributed by atoms with E-state index in [0.717, 1.165) is 0 Å². The maximum absolute atomic E-state index is 14.5. The molecule has 0 aliphatic carbocycles. The number of H-pyrrole nitrogens is 1. The second-order valence-electron chi connectivity index (χ2n) is 27.9. The van der Waals surface area contributed by atoms with Gasteiger partial charge in [0.25, 0.3) is 0 Å². The first kappa shape index (κ1) is 86.9. The van der Waals surface area contributed by atoms with Crippen LogP contribution in [-0.2, 0) is 80.0 Å². The molecule has 22 N–H and O–H groups in total. The summed E-state index contributed by atoms with van der Waals surface area (Å²) in [4.78, 5) is 214. The molecule has 4 fully saturated rings. The highest BCUT2D eigenvalue weighted by Gasteiger charge is 2.44. The van der Waals surface area contributed by atoms with Crippen LogP contribution >= 0.6 is 11.8 Å². The topological polar surface area (TPSA) is 581 Å². The summed E-state index contributed by atoms with van der Waals surface area (Å²) in [5.41, 5.74) is 29.0. The smallest absolute Gasteiger partial charge is 0.326 e. The molecule has 4 aliphatic heterocycles. The van der Waals surface area contributed by atoms with E-state index in [1.165, 1.54) is 39.0 Å². The standard InChI is InChI=1S/C70H109N21O16S/c1-40(2)32-48(85-59(97)46(18-10-27-78-70(74)75)83-64(102)53-20-12-29-90(53)66(104)42(16-9-26-77-69(72)73)34-55(93)44-22-23-56(94)81-44)60(98)88-51(38-92)62(100)86-49(35-43-36-76-39-80-43)61(99)82-45(17-7-8-25-71)58(96)79-37-57(95)89-28-11-19-52(89)63(101)84-47(24-31-108-3)67(105)91-30-13-21-54(91)65(103)87-50(68(106)107)33-41-14-5-4-6-15-41/h4-6,14-15,36,39-40,42,44-54,92H,7-13,16-35,37-38,71H2,1-3H3,(H,76,80)(H,79,96)(H,81,94)(H,82,99)(H,83,102)(H,84,101)(H,85,97)(H,86,100)(H,87,103)(H,88,98)(H,106,107)(H4,72,73,77)(H4,74,75,78)/t42-,44+,45+,46+,47+,48+,49+,50+,51+,52+,53+,54+/m1/s1. The second kappa shape index (κ2) is 44.3. The van der Waals surface area contributed by atoms with Crippen LogP contribution in [0.4, 0.5) is 0 Å². The van der Waals surface area contributed by atoms with E-state index in [9.17, 15) is 77.3 Å². The molecule has 12 amide bonds. The van der Waals surface area contributed by atoms with E-state index in [2.05, 4.69) is 67.8 Å². The zero-order valence-corrected chi connectivity index (χ0v) is 62.5. The number of likely N-dealkylation sites (tertiary alicyclic amines) is 3. The van der Waals surface area contributed by atoms with E-state index in [-0.39, 0.29) is 159 Å². The molecule has 596 valence electrons. The lowest BCUT2D eigenvalue weighted by Gasteiger charge is -2.31. The number of benzene rings is 1. The Labute approximate surface area is 631 Å². The molecular weight excluding hydrogens is 1420 g/mol. The number of carboxylic acid groups (broad SMARTS) is 1. The largest absolute Gasteiger partial charge is 0.480 e. The Hall–Kier alpha value is -9.98. The molecule has 0 unspecified atom stereocenters. The SMILES string of the molecule is CSCC[C@H](NC(=O)[C@@H]1CCCN1C(=O)CNC(=O)[C@H](CCCCN)NC(=O)[C@H](Cc1cnc[nH]1)NC(=O)[C@H](CO)NC(=O)[C@H](CC(C)C)NC(=O)[C@H](CCCN=C(N)N)NC(=O)[C@@H]1CCCN1C(=O)[C@H](CCCN=C(N)N)CC(=O)[C@@H]1CCC(=O)N1)C(=O)N1CCC[C@H]1C(=O)N[C@@H](Cc1ccccc1)C(=O)O. The number of unbranched alkanes of at least 4 members (excludes halogenated alkanes) is 1. The van der Waals surface area contributed by atoms with Gasteiger partial charge in [0.05, 0.1) is 25.5 Å². The average molecular weight is 1530 g/mol. The first-order valence-corrected chi connectivity index (χ1v) is 38.3. The van der Waals surface area contributed by atoms with Gasteiger partial charge in [-0.05, 0) is 133 Å². The minimum absolute atomic E-state index is 0.00358. The molecule has 0 bridgehead atoms. The van der Waals surface area contributed by atoms with Crippen molar-refractivity contribution in [2.45, 2.75) is 209 Å². The Morgan fingerprint density at radius 3 is 1.70 bits per heavy atom. The number of aromatic nitrogens is 2. The minimum Gasteiger partial charge on any atom is -0.480 e. The van der Waals surface area contributed by atoms with Gasteiger partial charge in [0.2, 0.25) is 70.9 Å². The van der Waals surface area contributed by atoms with Crippen molar-refractivity contribution in [1.29, 1.82) is 0 Å². The van der Waals surface area contributed by atoms with Crippen LogP contribution in [0.25, 0.3) is 0 Å². The Morgan fingerprint density at radius 2 is 1.14 bits per heavy atom. The third-order valence-corrected chi connectivity index (χ3v) is 19.8. The van der Waals surface area contributed by atoms with Gasteiger partial charge in [0, 0.05) is 76.2 Å². The summed E-state index contributed by atoms with van der Waals surface area (Å²) in [7, 11) is 0. The van der Waals surface area contributed by atoms with Crippen LogP contribution in [0.2, 0.25) is 0 Å². The first-order valence-electron chi connectivity index (χ1n) is 36.9. The number of carboxylic acids is 1. The van der Waals surface area contributed by atoms with Crippen molar-refractivity contribution in [3.63, 3.8) is 0 Å². The normalized spacial score (nSPS) is 19.0. The second-order valence-corrected chi connectivity index (χ2v) is 28.9. The lowest BCUT2D eigenvalue weighted by molar-refractivity contribution is -0.145. The molecular formula is C70H109N21O16S. The molecule has 2 aromatic rings. The van der Waals surface area contributed by atoms with E-state index in [1.54, 1.807) is 44.2 Å². The lowest BCUT2D eigenvalue weighted by Crippen LogP contribution is -2.61. The number of ketones is 1. The average Bonchev–Trinajstić information content (AvgIpc) is 1.65. The van der Waals surface area contributed by atoms with Crippen molar-refractivity contribution in [2.24, 2.45) is 50.5 Å². The van der Waals surface area contributed by atoms with Gasteiger partial charge < -0.3 is 106 Å². The van der Waals surface area contributed by atoms with Gasteiger partial charge in [0.1, 0.15) is 60.4 Å². The van der Waals surface area contributed by atoms with Crippen LogP contribution in [0.15, 0.2) is 52.8 Å². The van der Waals surface area contributed by atoms with Crippen molar-refractivity contribution in [3.05, 3.63) is 54.1 Å². The lowest BCUT2D eigenvalue weighted by atomic mass is 9.92. The molecule has 37 nitrogen and oxygen atoms in total. The monoisotopic (exact) mass is 1530 g/mol. The third kappa shape index (κ3) is 27.4. The maximum Gasteiger partial charge on any atom is 0.326 e. The number of nitrogens with zero attached hydrogens (tertiary/aromatic N) is 6. The molecule has 1 aromatic carbocycles. The fourth-order valence-corrected chi connectivity index (χ4v) is 14.0. The molecule has 6 rings (SSSR count). The van der Waals surface area contributed by atoms with E-state index in [1.807, 2.05) is 6.26 Å². The molecule has 1 aromatic heterocycles. The molecule has 12 atom stereocenters. The summed E-state index contributed by atoms with van der Waals surface area (Å²) < 4.78 is 0. The van der Waals surface area contributed by atoms with E-state index >= 15 is 0 Å². The highest BCUT2D eigenvalue weighted by molar-refractivity contribution is 7.98. The van der Waals surface area contributed by atoms with E-state index < -0.39 is 156 Å². The van der Waals surface area contributed by atoms with Gasteiger partial charge in [-0.25, -0.2) is 9.78 Å². The number of hydrogen-bond acceptors (Lipinski definition) is 20. The predicted molar refractivity (Wildman–Crippen MR) is 397 cm³/mol. The number of aliphatic imine (C=N–C) groups is 2. The first-order chi connectivity index (χ1) is 51.6. The number of Topliss-reactive ketones (excluding diaryl/α,β-unsaturated/α-hetero) is 1. The van der Waals surface area contributed by atoms with E-state index in [4.69, 9.17) is 28.7 Å². The van der Waals surface area contributed by atoms with Crippen LogP contribution in [0.1, 0.15) is 141 Å². The number of carbonyl (C=O) groups is 14. The van der Waals surface area contributed by atoms with Crippen LogP contribution in [0.3, 0.4) is 0 Å². The van der Waals surface area contributed by atoms with Crippen molar-refractivity contribution in [1.82, 2.24) is 72.5 Å². The van der Waals surface area contributed by atoms with Crippen LogP contribution in [0.5, 0.6) is 0 Å². The number of aliphatic hydroxyl groups is 1. The van der Waals surface area contributed by atoms with Gasteiger partial charge in [-0.2, -0.15) is 11.8 Å². The number of amides is 12. The number of rotatable bonds is 45. The molecule has 4 saturated heterocycles. The van der Waals surface area contributed by atoms with Gasteiger partial charge in [-0.3, -0.25) is 72.3 Å². The number of nitrogens with two attached hydrogens (primary N) is 5. The summed E-state index contributed by atoms with van der Waals surface area (Å²) in [6.07, 6.45) is 7.74. The van der Waals surface area contributed by atoms with Crippen molar-refractivity contribution >= 4 is 106 Å². The number of aromatic amines is 1. The Morgan fingerprint density at radius 1 is 0.611 bits per heavy atom. The summed E-state index contributed by atoms with van der Waals surface area (Å²) in [6, 6.07) is -4.96. The van der Waals surface area contributed by atoms with Crippen molar-refractivity contribution in [3.8, 4) is 0 Å². The van der Waals surface area contributed by atoms with Crippen LogP contribution in [0, 0.1) is 11.8 Å². The molecule has 5 heterocycles. The van der Waals surface area contributed by atoms with Crippen molar-refractivity contribution < 1.29 is 77.3 Å². The molecule has 0 spiro atoms. The molecule has 0 saturated carbocycles. The number of imidazole rings is 1. The third-order valence-electron chi connectivity index (χ3n) is 19.2. The number of nitrogens with one attached hydrogen (secondary N) is 10. The van der Waals surface area contributed by atoms with Gasteiger partial charge in [0.15, 0.2) is 17.7 Å². The summed E-state index contributed by atoms with van der Waals surface area (Å²) >= 11 is 1.42. The predicted octanol–water partition coefficient (Wildman–Crippen LogP) is -4.36. The summed E-state index contributed by atoms with van der Waals surface area (Å²) in [5, 5.41) is 44.5. The molecule has 108 heavy (non-hydrogen) atoms. The Kier molecular flexibility index (Phi) is 35.7. The molecule has 38 heteroatoms. The molecule has 4 aliphatic rings. The fourth-order valence-electron chi connectivity index (χ4n) is 13.6.